The lowest BCUT2D eigenvalue weighted by molar-refractivity contribution is 0.0364. The highest BCUT2D eigenvalue weighted by molar-refractivity contribution is 5.34. The van der Waals surface area contributed by atoms with Gasteiger partial charge in [-0.25, -0.2) is 0 Å². The Labute approximate surface area is 99.3 Å². The van der Waals surface area contributed by atoms with Gasteiger partial charge in [0.05, 0.1) is 12.7 Å². The van der Waals surface area contributed by atoms with Crippen LogP contribution >= 0.6 is 0 Å². The quantitative estimate of drug-likeness (QED) is 0.655. The van der Waals surface area contributed by atoms with Crippen LogP contribution in [0.1, 0.15) is 46.5 Å². The van der Waals surface area contributed by atoms with Crippen molar-refractivity contribution in [2.45, 2.75) is 52.6 Å². The van der Waals surface area contributed by atoms with Crippen LogP contribution in [-0.4, -0.2) is 12.7 Å². The predicted molar refractivity (Wildman–Crippen MR) is 66.2 cm³/mol. The summed E-state index contributed by atoms with van der Waals surface area (Å²) in [5, 5.41) is 0. The van der Waals surface area contributed by atoms with Gasteiger partial charge in [-0.05, 0) is 61.9 Å². The third-order valence-electron chi connectivity index (χ3n) is 5.09. The molecule has 0 aromatic carbocycles. The minimum atomic E-state index is 0.407. The molecule has 16 heavy (non-hydrogen) atoms. The van der Waals surface area contributed by atoms with E-state index in [1.807, 2.05) is 5.57 Å². The lowest BCUT2D eigenvalue weighted by atomic mass is 9.52. The minimum Gasteiger partial charge on any atom is -0.374 e. The first-order valence-electron chi connectivity index (χ1n) is 6.98. The van der Waals surface area contributed by atoms with E-state index in [0.29, 0.717) is 12.0 Å². The molecule has 0 amide bonds. The number of ether oxygens (including phenoxy) is 1. The number of hydrogen-bond acceptors (Lipinski definition) is 1. The van der Waals surface area contributed by atoms with Gasteiger partial charge in [-0.15, -0.1) is 0 Å². The Morgan fingerprint density at radius 1 is 1.12 bits per heavy atom. The summed E-state index contributed by atoms with van der Waals surface area (Å²) >= 11 is 0. The van der Waals surface area contributed by atoms with Crippen molar-refractivity contribution < 1.29 is 4.74 Å². The first kappa shape index (κ1) is 10.8. The third-order valence-corrected chi connectivity index (χ3v) is 5.09. The average molecular weight is 220 g/mol. The Morgan fingerprint density at radius 2 is 1.81 bits per heavy atom. The van der Waals surface area contributed by atoms with Gasteiger partial charge in [0.2, 0.25) is 0 Å². The molecule has 3 saturated carbocycles. The van der Waals surface area contributed by atoms with Crippen molar-refractivity contribution in [3.63, 3.8) is 0 Å². The van der Waals surface area contributed by atoms with E-state index in [9.17, 15) is 0 Å². The van der Waals surface area contributed by atoms with Crippen LogP contribution in [0.3, 0.4) is 0 Å². The van der Waals surface area contributed by atoms with E-state index in [0.717, 1.165) is 24.4 Å². The molecule has 2 unspecified atom stereocenters. The van der Waals surface area contributed by atoms with Gasteiger partial charge in [0.1, 0.15) is 0 Å². The largest absolute Gasteiger partial charge is 0.374 e. The lowest BCUT2D eigenvalue weighted by Crippen LogP contribution is -2.43. The summed E-state index contributed by atoms with van der Waals surface area (Å²) in [7, 11) is 0. The van der Waals surface area contributed by atoms with Crippen molar-refractivity contribution in [2.24, 2.45) is 23.7 Å². The molecule has 3 fully saturated rings. The highest BCUT2D eigenvalue weighted by Crippen LogP contribution is 2.59. The molecule has 3 atom stereocenters. The van der Waals surface area contributed by atoms with Crippen molar-refractivity contribution in [2.75, 3.05) is 6.61 Å². The van der Waals surface area contributed by atoms with E-state index in [1.54, 1.807) is 5.57 Å². The highest BCUT2D eigenvalue weighted by atomic mass is 16.5. The van der Waals surface area contributed by atoms with Gasteiger partial charge in [0.15, 0.2) is 0 Å². The van der Waals surface area contributed by atoms with E-state index in [2.05, 4.69) is 20.8 Å². The fourth-order valence-electron chi connectivity index (χ4n) is 3.89. The van der Waals surface area contributed by atoms with Crippen LogP contribution in [0.15, 0.2) is 11.1 Å². The monoisotopic (exact) mass is 220 g/mol. The van der Waals surface area contributed by atoms with Crippen molar-refractivity contribution >= 4 is 0 Å². The maximum Gasteiger partial charge on any atom is 0.0683 e. The average Bonchev–Trinajstić information content (AvgIpc) is 2.25. The summed E-state index contributed by atoms with van der Waals surface area (Å²) < 4.78 is 6.01. The lowest BCUT2D eigenvalue weighted by Gasteiger charge is -2.54. The van der Waals surface area contributed by atoms with Gasteiger partial charge in [-0.2, -0.15) is 0 Å². The summed E-state index contributed by atoms with van der Waals surface area (Å²) in [5.41, 5.74) is 3.52. The zero-order chi connectivity index (χ0) is 11.3. The van der Waals surface area contributed by atoms with Gasteiger partial charge in [0.25, 0.3) is 0 Å². The topological polar surface area (TPSA) is 9.23 Å². The summed E-state index contributed by atoms with van der Waals surface area (Å²) in [6.45, 7) is 7.62. The number of allylic oxidation sites excluding steroid dienone is 1. The predicted octanol–water partition coefficient (Wildman–Crippen LogP) is 3.79. The Bertz CT molecular complexity index is 301. The first-order valence-corrected chi connectivity index (χ1v) is 6.98. The molecule has 1 nitrogen and oxygen atoms in total. The molecule has 5 aliphatic rings. The highest BCUT2D eigenvalue weighted by Gasteiger charge is 2.47. The van der Waals surface area contributed by atoms with E-state index in [1.165, 1.54) is 25.7 Å². The van der Waals surface area contributed by atoms with E-state index < -0.39 is 0 Å². The van der Waals surface area contributed by atoms with Crippen LogP contribution in [0.25, 0.3) is 0 Å². The molecule has 0 aromatic heterocycles. The zero-order valence-electron chi connectivity index (χ0n) is 10.8. The smallest absolute Gasteiger partial charge is 0.0683 e. The van der Waals surface area contributed by atoms with Crippen LogP contribution in [0.2, 0.25) is 0 Å². The maximum atomic E-state index is 6.01. The molecule has 0 saturated heterocycles. The second kappa shape index (κ2) is 3.87. The second-order valence-electron chi connectivity index (χ2n) is 6.49. The fraction of sp³-hybridized carbons (Fsp3) is 0.867. The minimum absolute atomic E-state index is 0.407. The fourth-order valence-corrected chi connectivity index (χ4v) is 3.89. The molecule has 0 aliphatic heterocycles. The zero-order valence-corrected chi connectivity index (χ0v) is 10.8. The number of rotatable bonds is 4. The van der Waals surface area contributed by atoms with E-state index in [-0.39, 0.29) is 0 Å². The molecule has 0 radical (unpaired) electrons. The molecule has 0 aromatic rings. The molecule has 5 aliphatic carbocycles. The molecular weight excluding hydrogens is 196 g/mol. The Balaban J connectivity index is 1.64. The van der Waals surface area contributed by atoms with Crippen molar-refractivity contribution in [3.8, 4) is 0 Å². The SMILES string of the molecule is CC(C)[C@@H](C)OCC1=C2C3CC(C1)CC2C3. The molecule has 4 bridgehead atoms. The van der Waals surface area contributed by atoms with Crippen molar-refractivity contribution in [3.05, 3.63) is 11.1 Å². The van der Waals surface area contributed by atoms with E-state index >= 15 is 0 Å². The van der Waals surface area contributed by atoms with Crippen LogP contribution in [0.5, 0.6) is 0 Å². The Hall–Kier alpha value is -0.300. The van der Waals surface area contributed by atoms with Crippen LogP contribution in [0, 0.1) is 23.7 Å². The molecule has 1 heteroatoms. The molecular formula is C15H24O. The van der Waals surface area contributed by atoms with Crippen LogP contribution in [0.4, 0.5) is 0 Å². The Kier molecular flexibility index (Phi) is 2.62. The van der Waals surface area contributed by atoms with Gasteiger partial charge in [0, 0.05) is 0 Å². The van der Waals surface area contributed by atoms with Gasteiger partial charge >= 0.3 is 0 Å². The molecule has 5 rings (SSSR count). The molecule has 0 heterocycles. The number of hydrogen-bond donors (Lipinski definition) is 0. The standard InChI is InChI=1S/C15H24O/c1-9(2)10(3)16-8-14-6-11-4-12-7-13(5-11)15(12)14/h9-13H,4-8H2,1-3H3/t10-,11?,12?,13?/m1/s1. The first-order chi connectivity index (χ1) is 7.65. The van der Waals surface area contributed by atoms with Gasteiger partial charge < -0.3 is 4.74 Å². The number of fused-ring (bicyclic) bond motifs is 1. The van der Waals surface area contributed by atoms with Gasteiger partial charge in [-0.3, -0.25) is 0 Å². The van der Waals surface area contributed by atoms with Crippen molar-refractivity contribution in [1.29, 1.82) is 0 Å². The Morgan fingerprint density at radius 3 is 2.38 bits per heavy atom. The summed E-state index contributed by atoms with van der Waals surface area (Å²) in [5.74, 6) is 3.60. The van der Waals surface area contributed by atoms with Crippen LogP contribution < -0.4 is 0 Å². The molecule has 0 spiro atoms. The van der Waals surface area contributed by atoms with E-state index in [4.69, 9.17) is 4.74 Å². The second-order valence-corrected chi connectivity index (χ2v) is 6.49. The summed E-state index contributed by atoms with van der Waals surface area (Å²) in [6, 6.07) is 0. The third kappa shape index (κ3) is 1.64. The van der Waals surface area contributed by atoms with Crippen molar-refractivity contribution in [1.82, 2.24) is 0 Å². The van der Waals surface area contributed by atoms with Gasteiger partial charge in [-0.1, -0.05) is 19.4 Å². The van der Waals surface area contributed by atoms with Crippen LogP contribution in [-0.2, 0) is 4.74 Å². The normalized spacial score (nSPS) is 37.9. The molecule has 0 N–H and O–H groups in total. The summed E-state index contributed by atoms with van der Waals surface area (Å²) in [6.07, 6.45) is 6.25. The summed E-state index contributed by atoms with van der Waals surface area (Å²) in [4.78, 5) is 0. The molecule has 90 valence electrons. The maximum absolute atomic E-state index is 6.01.